The number of benzene rings is 1. The minimum Gasteiger partial charge on any atom is -0.494 e. The summed E-state index contributed by atoms with van der Waals surface area (Å²) in [5, 5.41) is 27.8. The number of nitrogens with one attached hydrogen (secondary N) is 2. The average Bonchev–Trinajstić information content (AvgIpc) is 3.25. The van der Waals surface area contributed by atoms with Crippen LogP contribution in [0.15, 0.2) is 36.9 Å². The Hall–Kier alpha value is -3.77. The third-order valence-corrected chi connectivity index (χ3v) is 4.34. The molecule has 1 atom stereocenters. The van der Waals surface area contributed by atoms with Crippen molar-refractivity contribution in [3.63, 3.8) is 0 Å². The van der Waals surface area contributed by atoms with Crippen LogP contribution in [-0.4, -0.2) is 62.7 Å². The Balaban J connectivity index is 1.63. The van der Waals surface area contributed by atoms with Crippen molar-refractivity contribution in [1.82, 2.24) is 25.1 Å². The van der Waals surface area contributed by atoms with Crippen molar-refractivity contribution in [2.75, 3.05) is 26.1 Å². The molecule has 3 rings (SSSR count). The maximum atomic E-state index is 14.5. The molecule has 1 aromatic carbocycles. The highest BCUT2D eigenvalue weighted by Crippen LogP contribution is 2.24. The number of anilines is 2. The van der Waals surface area contributed by atoms with Crippen LogP contribution in [0.1, 0.15) is 15.9 Å². The second-order valence-electron chi connectivity index (χ2n) is 6.67. The standard InChI is InChI=1S/C20H23FN6O5/c1-22-19(30)12-3-13(18(21)17(4-12)31-2)11-32-16-6-23-20(24-7-16)26-14-5-25-27(8-14)9-15(29)10-28/h3-8,15,28-29H,9-11H2,1-2H3,(H,22,30)(H,23,24,26)/t15-/m0/s1. The highest BCUT2D eigenvalue weighted by molar-refractivity contribution is 5.94. The van der Waals surface area contributed by atoms with Gasteiger partial charge in [0, 0.05) is 24.4 Å². The molecule has 170 valence electrons. The Bertz CT molecular complexity index is 1060. The SMILES string of the molecule is CNC(=O)c1cc(COc2cnc(Nc3cnn(C[C@H](O)CO)c3)nc2)c(F)c(OC)c1. The summed E-state index contributed by atoms with van der Waals surface area (Å²) >= 11 is 0. The van der Waals surface area contributed by atoms with E-state index in [1.54, 1.807) is 6.20 Å². The van der Waals surface area contributed by atoms with E-state index in [0.717, 1.165) is 0 Å². The number of amides is 1. The van der Waals surface area contributed by atoms with Crippen molar-refractivity contribution >= 4 is 17.5 Å². The zero-order chi connectivity index (χ0) is 23.1. The van der Waals surface area contributed by atoms with E-state index in [0.29, 0.717) is 11.4 Å². The van der Waals surface area contributed by atoms with Crippen LogP contribution in [0.2, 0.25) is 0 Å². The molecule has 32 heavy (non-hydrogen) atoms. The van der Waals surface area contributed by atoms with Crippen molar-refractivity contribution in [2.45, 2.75) is 19.3 Å². The Morgan fingerprint density at radius 2 is 2.03 bits per heavy atom. The number of aliphatic hydroxyl groups excluding tert-OH is 2. The van der Waals surface area contributed by atoms with Crippen LogP contribution in [0, 0.1) is 5.82 Å². The number of aliphatic hydroxyl groups is 2. The van der Waals surface area contributed by atoms with Crippen molar-refractivity contribution in [2.24, 2.45) is 0 Å². The summed E-state index contributed by atoms with van der Waals surface area (Å²) < 4.78 is 26.5. The molecule has 0 saturated heterocycles. The number of aromatic nitrogens is 4. The number of nitrogens with zero attached hydrogens (tertiary/aromatic N) is 4. The Morgan fingerprint density at radius 3 is 2.69 bits per heavy atom. The first-order valence-corrected chi connectivity index (χ1v) is 9.55. The highest BCUT2D eigenvalue weighted by atomic mass is 19.1. The van der Waals surface area contributed by atoms with Crippen LogP contribution in [0.25, 0.3) is 0 Å². The summed E-state index contributed by atoms with van der Waals surface area (Å²) in [7, 11) is 2.79. The predicted octanol–water partition coefficient (Wildman–Crippen LogP) is 0.856. The lowest BCUT2D eigenvalue weighted by molar-refractivity contribution is 0.0783. The molecule has 3 aromatic rings. The monoisotopic (exact) mass is 446 g/mol. The van der Waals surface area contributed by atoms with E-state index >= 15 is 0 Å². The molecule has 0 saturated carbocycles. The van der Waals surface area contributed by atoms with Gasteiger partial charge in [0.25, 0.3) is 5.91 Å². The Morgan fingerprint density at radius 1 is 1.28 bits per heavy atom. The van der Waals surface area contributed by atoms with E-state index in [4.69, 9.17) is 14.6 Å². The maximum absolute atomic E-state index is 14.5. The second kappa shape index (κ2) is 10.5. The number of carbonyl (C=O) groups excluding carboxylic acids is 1. The summed E-state index contributed by atoms with van der Waals surface area (Å²) in [5.74, 6) is -0.497. The molecule has 0 spiro atoms. The van der Waals surface area contributed by atoms with Gasteiger partial charge in [0.1, 0.15) is 6.61 Å². The number of rotatable bonds is 10. The molecule has 2 aromatic heterocycles. The van der Waals surface area contributed by atoms with Crippen molar-refractivity contribution in [3.8, 4) is 11.5 Å². The lowest BCUT2D eigenvalue weighted by Gasteiger charge is -2.12. The van der Waals surface area contributed by atoms with E-state index in [1.165, 1.54) is 49.6 Å². The lowest BCUT2D eigenvalue weighted by Crippen LogP contribution is -2.19. The summed E-state index contributed by atoms with van der Waals surface area (Å²) in [4.78, 5) is 20.2. The van der Waals surface area contributed by atoms with Crippen LogP contribution in [0.3, 0.4) is 0 Å². The molecular weight excluding hydrogens is 423 g/mol. The van der Waals surface area contributed by atoms with Crippen molar-refractivity contribution in [3.05, 3.63) is 53.9 Å². The van der Waals surface area contributed by atoms with Gasteiger partial charge in [0.2, 0.25) is 5.95 Å². The van der Waals surface area contributed by atoms with Crippen LogP contribution in [-0.2, 0) is 13.2 Å². The zero-order valence-electron chi connectivity index (χ0n) is 17.4. The van der Waals surface area contributed by atoms with Gasteiger partial charge in [0.05, 0.1) is 50.6 Å². The molecule has 0 aliphatic heterocycles. The first-order valence-electron chi connectivity index (χ1n) is 9.55. The van der Waals surface area contributed by atoms with Gasteiger partial charge in [-0.3, -0.25) is 9.48 Å². The molecule has 0 aliphatic carbocycles. The fraction of sp³-hybridized carbons (Fsp3) is 0.300. The molecule has 0 unspecified atom stereocenters. The normalized spacial score (nSPS) is 11.7. The molecular formula is C20H23FN6O5. The molecule has 0 fully saturated rings. The fourth-order valence-electron chi connectivity index (χ4n) is 2.73. The van der Waals surface area contributed by atoms with E-state index in [-0.39, 0.29) is 48.5 Å². The average molecular weight is 446 g/mol. The third kappa shape index (κ3) is 5.68. The van der Waals surface area contributed by atoms with Gasteiger partial charge >= 0.3 is 0 Å². The summed E-state index contributed by atoms with van der Waals surface area (Å²) in [6, 6.07) is 2.70. The summed E-state index contributed by atoms with van der Waals surface area (Å²) in [5.41, 5.74) is 0.971. The summed E-state index contributed by atoms with van der Waals surface area (Å²) in [6.07, 6.45) is 5.06. The van der Waals surface area contributed by atoms with Gasteiger partial charge in [-0.05, 0) is 12.1 Å². The van der Waals surface area contributed by atoms with Crippen LogP contribution in [0.4, 0.5) is 16.0 Å². The predicted molar refractivity (Wildman–Crippen MR) is 111 cm³/mol. The minimum absolute atomic E-state index is 0.0625. The largest absolute Gasteiger partial charge is 0.494 e. The van der Waals surface area contributed by atoms with Crippen LogP contribution >= 0.6 is 0 Å². The number of carbonyl (C=O) groups is 1. The lowest BCUT2D eigenvalue weighted by atomic mass is 10.1. The van der Waals surface area contributed by atoms with Crippen molar-refractivity contribution in [1.29, 1.82) is 0 Å². The number of hydrogen-bond acceptors (Lipinski definition) is 9. The molecule has 0 radical (unpaired) electrons. The Kier molecular flexibility index (Phi) is 7.52. The van der Waals surface area contributed by atoms with Crippen molar-refractivity contribution < 1.29 is 28.9 Å². The van der Waals surface area contributed by atoms with Gasteiger partial charge in [0.15, 0.2) is 17.3 Å². The number of ether oxygens (including phenoxy) is 2. The fourth-order valence-corrected chi connectivity index (χ4v) is 2.73. The molecule has 4 N–H and O–H groups in total. The number of hydrogen-bond donors (Lipinski definition) is 4. The molecule has 11 nitrogen and oxygen atoms in total. The molecule has 12 heteroatoms. The number of methoxy groups -OCH3 is 1. The van der Waals surface area contributed by atoms with Gasteiger partial charge in [-0.2, -0.15) is 5.10 Å². The second-order valence-corrected chi connectivity index (χ2v) is 6.67. The molecule has 0 aliphatic rings. The molecule has 0 bridgehead atoms. The van der Waals surface area contributed by atoms with Gasteiger partial charge in [-0.25, -0.2) is 14.4 Å². The van der Waals surface area contributed by atoms with Gasteiger partial charge in [-0.1, -0.05) is 0 Å². The summed E-state index contributed by atoms with van der Waals surface area (Å²) in [6.45, 7) is -0.378. The first-order chi connectivity index (χ1) is 15.4. The van der Waals surface area contributed by atoms with Crippen LogP contribution < -0.4 is 20.1 Å². The highest BCUT2D eigenvalue weighted by Gasteiger charge is 2.16. The minimum atomic E-state index is -0.905. The third-order valence-electron chi connectivity index (χ3n) is 4.34. The maximum Gasteiger partial charge on any atom is 0.251 e. The van der Waals surface area contributed by atoms with E-state index in [9.17, 15) is 14.3 Å². The molecule has 2 heterocycles. The quantitative estimate of drug-likeness (QED) is 0.356. The van der Waals surface area contributed by atoms with Gasteiger partial charge in [-0.15, -0.1) is 0 Å². The van der Waals surface area contributed by atoms with Gasteiger partial charge < -0.3 is 30.3 Å². The van der Waals surface area contributed by atoms with E-state index in [1.807, 2.05) is 0 Å². The zero-order valence-corrected chi connectivity index (χ0v) is 17.4. The Labute approximate surface area is 182 Å². The van der Waals surface area contributed by atoms with E-state index in [2.05, 4.69) is 25.7 Å². The molecule has 1 amide bonds. The smallest absolute Gasteiger partial charge is 0.251 e. The topological polar surface area (TPSA) is 144 Å². The number of halogens is 1. The van der Waals surface area contributed by atoms with E-state index < -0.39 is 11.9 Å². The van der Waals surface area contributed by atoms with Crippen LogP contribution in [0.5, 0.6) is 11.5 Å². The first kappa shape index (κ1) is 22.9.